The monoisotopic (exact) mass is 1030 g/mol. The number of hydrogen-bond donors (Lipinski definition) is 3. The Kier molecular flexibility index (Phi) is 17.3. The van der Waals surface area contributed by atoms with Crippen molar-refractivity contribution >= 4 is 40.6 Å². The van der Waals surface area contributed by atoms with Crippen molar-refractivity contribution in [3.05, 3.63) is 118 Å². The van der Waals surface area contributed by atoms with Gasteiger partial charge in [0.2, 0.25) is 0 Å². The van der Waals surface area contributed by atoms with Gasteiger partial charge in [-0.25, -0.2) is 22.7 Å². The number of carbonyl (C=O) groups is 3. The Morgan fingerprint density at radius 1 is 0.867 bits per heavy atom. The molecule has 398 valence electrons. The van der Waals surface area contributed by atoms with E-state index in [4.69, 9.17) is 19.2 Å². The van der Waals surface area contributed by atoms with Gasteiger partial charge in [0, 0.05) is 31.2 Å². The van der Waals surface area contributed by atoms with Crippen LogP contribution in [0.5, 0.6) is 5.75 Å². The van der Waals surface area contributed by atoms with E-state index in [1.807, 2.05) is 12.1 Å². The average molecular weight is 1040 g/mol. The smallest absolute Gasteiger partial charge is 0.326 e. The molecule has 6 heterocycles. The van der Waals surface area contributed by atoms with Gasteiger partial charge in [-0.3, -0.25) is 23.9 Å². The maximum atomic E-state index is 15.0. The second kappa shape index (κ2) is 24.5. The van der Waals surface area contributed by atoms with E-state index < -0.39 is 35.5 Å². The number of anilines is 3. The third-order valence-electron chi connectivity index (χ3n) is 14.6. The van der Waals surface area contributed by atoms with Crippen LogP contribution in [0, 0.1) is 11.7 Å². The molecule has 2 saturated heterocycles. The lowest BCUT2D eigenvalue weighted by atomic mass is 9.86. The van der Waals surface area contributed by atoms with E-state index in [9.17, 15) is 32.3 Å². The maximum absolute atomic E-state index is 15.0. The predicted octanol–water partition coefficient (Wildman–Crippen LogP) is 9.18. The number of alkyl halides is 2. The molecule has 3 fully saturated rings. The van der Waals surface area contributed by atoms with Crippen LogP contribution in [0.4, 0.5) is 30.4 Å². The van der Waals surface area contributed by atoms with E-state index in [0.717, 1.165) is 118 Å². The van der Waals surface area contributed by atoms with Crippen molar-refractivity contribution in [1.29, 1.82) is 0 Å². The number of nitrogens with one attached hydrogen (secondary N) is 3. The molecule has 20 heteroatoms. The summed E-state index contributed by atoms with van der Waals surface area (Å²) in [4.78, 5) is 57.9. The number of carbonyl (C=O) groups excluding carboxylic acids is 3. The number of fused-ring (bicyclic) bond motifs is 3. The number of aryl methyl sites for hydroxylation is 1. The Morgan fingerprint density at radius 3 is 2.37 bits per heavy atom. The Balaban J connectivity index is 0.654. The molecule has 2 atom stereocenters. The van der Waals surface area contributed by atoms with E-state index in [-0.39, 0.29) is 54.0 Å². The lowest BCUT2D eigenvalue weighted by Gasteiger charge is -2.29. The average Bonchev–Trinajstić information content (AvgIpc) is 4.25. The van der Waals surface area contributed by atoms with Crippen molar-refractivity contribution in [2.75, 3.05) is 55.5 Å². The van der Waals surface area contributed by atoms with E-state index >= 15 is 0 Å². The molecule has 4 aromatic heterocycles. The number of nitrogens with zero attached hydrogens (tertiary/aromatic N) is 7. The van der Waals surface area contributed by atoms with Gasteiger partial charge in [0.05, 0.1) is 61.6 Å². The Morgan fingerprint density at radius 2 is 1.63 bits per heavy atom. The highest BCUT2D eigenvalue weighted by atomic mass is 19.3. The van der Waals surface area contributed by atoms with Crippen molar-refractivity contribution < 1.29 is 41.8 Å². The Labute approximate surface area is 433 Å². The largest absolute Gasteiger partial charge is 0.496 e. The van der Waals surface area contributed by atoms with E-state index in [1.54, 1.807) is 42.1 Å². The van der Waals surface area contributed by atoms with Crippen molar-refractivity contribution in [2.45, 2.75) is 122 Å². The minimum atomic E-state index is -2.86. The third-order valence-corrected chi connectivity index (χ3v) is 14.6. The highest BCUT2D eigenvalue weighted by Gasteiger charge is 2.40. The molecule has 17 nitrogen and oxygen atoms in total. The minimum absolute atomic E-state index is 0.00692. The predicted molar refractivity (Wildman–Crippen MR) is 277 cm³/mol. The second-order valence-corrected chi connectivity index (χ2v) is 19.7. The van der Waals surface area contributed by atoms with Crippen LogP contribution in [0.15, 0.2) is 84.2 Å². The van der Waals surface area contributed by atoms with Crippen molar-refractivity contribution in [1.82, 2.24) is 34.3 Å². The topological polar surface area (TPSA) is 188 Å². The number of unbranched alkanes of at least 4 members (excludes halogenated alkanes) is 6. The molecule has 2 aliphatic heterocycles. The number of pyridine rings is 1. The van der Waals surface area contributed by atoms with Gasteiger partial charge < -0.3 is 39.6 Å². The number of amides is 2. The number of benzene rings is 2. The lowest BCUT2D eigenvalue weighted by molar-refractivity contribution is -0.143. The first-order chi connectivity index (χ1) is 36.4. The van der Waals surface area contributed by atoms with Gasteiger partial charge in [-0.05, 0) is 130 Å². The molecular formula is C55H65F3N10O7. The van der Waals surface area contributed by atoms with Gasteiger partial charge in [-0.2, -0.15) is 10.2 Å². The van der Waals surface area contributed by atoms with Crippen molar-refractivity contribution in [2.24, 2.45) is 5.92 Å². The molecule has 0 unspecified atom stereocenters. The Bertz CT molecular complexity index is 3020. The van der Waals surface area contributed by atoms with Crippen molar-refractivity contribution in [3.8, 4) is 16.9 Å². The summed E-state index contributed by atoms with van der Waals surface area (Å²) in [7, 11) is 1.47. The van der Waals surface area contributed by atoms with Crippen LogP contribution in [-0.2, 0) is 27.2 Å². The first-order valence-electron chi connectivity index (χ1n) is 26.2. The zero-order valence-electron chi connectivity index (χ0n) is 42.4. The molecule has 2 bridgehead atoms. The summed E-state index contributed by atoms with van der Waals surface area (Å²) in [5.41, 5.74) is 2.45. The number of morpholine rings is 1. The van der Waals surface area contributed by atoms with Crippen LogP contribution >= 0.6 is 0 Å². The lowest BCUT2D eigenvalue weighted by Crippen LogP contribution is -2.37. The van der Waals surface area contributed by atoms with Crippen LogP contribution in [0.3, 0.4) is 0 Å². The number of rotatable bonds is 24. The number of hydrogen-bond acceptors (Lipinski definition) is 12. The normalized spacial score (nSPS) is 18.2. The van der Waals surface area contributed by atoms with Gasteiger partial charge in [-0.1, -0.05) is 44.2 Å². The van der Waals surface area contributed by atoms with Gasteiger partial charge in [0.1, 0.15) is 29.5 Å². The molecule has 3 N–H and O–H groups in total. The molecule has 6 aromatic rings. The number of halogens is 3. The zero-order chi connectivity index (χ0) is 52.4. The molecule has 75 heavy (non-hydrogen) atoms. The standard InChI is InChI=1S/C55H65F3N10O7/c1-3-74-50(70)33-65-30-39(16-21-49(65)69)61-54(71)43-19-14-37(26-47(43)73-2)36-15-20-45(56)38(25-36)11-9-7-5-4-6-8-10-23-59-28-35-12-17-40(18-13-35)68-32-46(51(64-68)52(57)58)62-55(72)44-29-60-67-24-22-48(63-53(44)67)66-31-42-27-41(66)34-75-42/h14-16,19-22,24-26,29-30,32,35,40-42,52,59H,3-13,17-18,23,27-28,31,33-34H2,1-2H3,(H,61,71)(H,62,72)/t35?,40?,41-,42-/m1/s1. The third kappa shape index (κ3) is 12.9. The first kappa shape index (κ1) is 52.8. The summed E-state index contributed by atoms with van der Waals surface area (Å²) in [5, 5.41) is 17.6. The number of esters is 1. The number of aromatic nitrogens is 6. The summed E-state index contributed by atoms with van der Waals surface area (Å²) >= 11 is 0. The van der Waals surface area contributed by atoms with Crippen LogP contribution in [0.1, 0.15) is 128 Å². The first-order valence-corrected chi connectivity index (χ1v) is 26.2. The fourth-order valence-electron chi connectivity index (χ4n) is 10.5. The molecule has 1 aliphatic carbocycles. The summed E-state index contributed by atoms with van der Waals surface area (Å²) in [6.07, 6.45) is 15.9. The number of methoxy groups -OCH3 is 1. The minimum Gasteiger partial charge on any atom is -0.496 e. The fourth-order valence-corrected chi connectivity index (χ4v) is 10.5. The molecule has 0 spiro atoms. The summed E-state index contributed by atoms with van der Waals surface area (Å²) < 4.78 is 64.0. The van der Waals surface area contributed by atoms with Gasteiger partial charge in [0.25, 0.3) is 23.8 Å². The quantitative estimate of drug-likeness (QED) is 0.0386. The molecule has 9 rings (SSSR count). The fraction of sp³-hybridized carbons (Fsp3) is 0.473. The molecule has 2 amide bonds. The summed E-state index contributed by atoms with van der Waals surface area (Å²) in [5.74, 6) is -0.314. The Hall–Kier alpha value is -7.06. The van der Waals surface area contributed by atoms with E-state index in [2.05, 4.69) is 31.0 Å². The van der Waals surface area contributed by atoms with E-state index in [1.165, 1.54) is 48.4 Å². The van der Waals surface area contributed by atoms with Crippen LogP contribution in [0.2, 0.25) is 0 Å². The summed E-state index contributed by atoms with van der Waals surface area (Å²) in [6, 6.07) is 15.0. The SMILES string of the molecule is CCOC(=O)Cn1cc(NC(=O)c2ccc(-c3ccc(F)c(CCCCCCCCCNCC4CCC(n5cc(NC(=O)c6cnn7ccc(N8C[C@H]9C[C@@H]8CO9)nc67)c(C(F)F)n5)CC4)c3)cc2OC)ccc1=O. The van der Waals surface area contributed by atoms with Gasteiger partial charge in [-0.15, -0.1) is 0 Å². The zero-order valence-corrected chi connectivity index (χ0v) is 42.4. The molecular weight excluding hydrogens is 970 g/mol. The van der Waals surface area contributed by atoms with Crippen LogP contribution < -0.4 is 31.1 Å². The number of ether oxygens (including phenoxy) is 3. The van der Waals surface area contributed by atoms with Crippen LogP contribution in [-0.4, -0.2) is 98.8 Å². The molecule has 2 aromatic carbocycles. The van der Waals surface area contributed by atoms with Crippen molar-refractivity contribution in [3.63, 3.8) is 0 Å². The van der Waals surface area contributed by atoms with Gasteiger partial charge >= 0.3 is 5.97 Å². The summed E-state index contributed by atoms with van der Waals surface area (Å²) in [6.45, 7) is 4.80. The second-order valence-electron chi connectivity index (χ2n) is 19.7. The maximum Gasteiger partial charge on any atom is 0.326 e. The highest BCUT2D eigenvalue weighted by Crippen LogP contribution is 2.36. The highest BCUT2D eigenvalue weighted by molar-refractivity contribution is 6.08. The molecule has 1 saturated carbocycles. The van der Waals surface area contributed by atoms with Crippen LogP contribution in [0.25, 0.3) is 16.8 Å². The molecule has 3 aliphatic rings. The molecule has 0 radical (unpaired) electrons. The van der Waals surface area contributed by atoms with Gasteiger partial charge in [0.15, 0.2) is 11.3 Å². The van der Waals surface area contributed by atoms with E-state index in [0.29, 0.717) is 41.6 Å².